The van der Waals surface area contributed by atoms with E-state index in [1.807, 2.05) is 6.92 Å². The maximum atomic E-state index is 3.65. The fourth-order valence-electron chi connectivity index (χ4n) is 1.39. The van der Waals surface area contributed by atoms with Crippen LogP contribution < -0.4 is 0 Å². The van der Waals surface area contributed by atoms with Gasteiger partial charge in [-0.3, -0.25) is 0 Å². The topological polar surface area (TPSA) is 0 Å². The third-order valence-electron chi connectivity index (χ3n) is 2.43. The van der Waals surface area contributed by atoms with Gasteiger partial charge in [0.15, 0.2) is 0 Å². The lowest BCUT2D eigenvalue weighted by Gasteiger charge is -2.05. The standard InChI is InChI=1S/C13H16/c1-5-10(3)13-8-7-11(4)12(6-2)9-13/h7-9H,1,6H2,2-4H3. The highest BCUT2D eigenvalue weighted by Gasteiger charge is 1.99. The van der Waals surface area contributed by atoms with Gasteiger partial charge in [-0.1, -0.05) is 31.7 Å². The van der Waals surface area contributed by atoms with Crippen LogP contribution >= 0.6 is 0 Å². The summed E-state index contributed by atoms with van der Waals surface area (Å²) in [5.41, 5.74) is 8.05. The predicted octanol–water partition coefficient (Wildman–Crippen LogP) is 3.75. The zero-order valence-electron chi connectivity index (χ0n) is 8.65. The smallest absolute Gasteiger partial charge is 0.00251 e. The zero-order chi connectivity index (χ0) is 9.84. The SMILES string of the molecule is C=C=C(C)c1ccc(C)c(CC)c1. The first-order valence-electron chi connectivity index (χ1n) is 4.65. The molecule has 1 aromatic rings. The van der Waals surface area contributed by atoms with E-state index in [-0.39, 0.29) is 0 Å². The largest absolute Gasteiger partial charge is 0.125 e. The monoisotopic (exact) mass is 172 g/mol. The van der Waals surface area contributed by atoms with Gasteiger partial charge in [0.2, 0.25) is 0 Å². The van der Waals surface area contributed by atoms with E-state index in [1.54, 1.807) is 0 Å². The Hall–Kier alpha value is -1.26. The molecule has 0 aromatic heterocycles. The Labute approximate surface area is 80.6 Å². The molecule has 0 spiro atoms. The minimum atomic E-state index is 1.09. The predicted molar refractivity (Wildman–Crippen MR) is 58.8 cm³/mol. The first-order chi connectivity index (χ1) is 6.19. The Morgan fingerprint density at radius 3 is 2.69 bits per heavy atom. The molecule has 0 radical (unpaired) electrons. The van der Waals surface area contributed by atoms with Crippen LogP contribution in [-0.2, 0) is 6.42 Å². The van der Waals surface area contributed by atoms with E-state index >= 15 is 0 Å². The van der Waals surface area contributed by atoms with Crippen molar-refractivity contribution in [3.8, 4) is 0 Å². The first kappa shape index (κ1) is 9.83. The number of hydrogen-bond acceptors (Lipinski definition) is 0. The van der Waals surface area contributed by atoms with Gasteiger partial charge >= 0.3 is 0 Å². The van der Waals surface area contributed by atoms with Gasteiger partial charge in [-0.25, -0.2) is 0 Å². The van der Waals surface area contributed by atoms with Crippen LogP contribution in [-0.4, -0.2) is 0 Å². The lowest BCUT2D eigenvalue weighted by molar-refractivity contribution is 1.11. The van der Waals surface area contributed by atoms with E-state index in [0.717, 1.165) is 12.0 Å². The Morgan fingerprint density at radius 2 is 2.15 bits per heavy atom. The quantitative estimate of drug-likeness (QED) is 0.596. The van der Waals surface area contributed by atoms with E-state index in [4.69, 9.17) is 0 Å². The number of allylic oxidation sites excluding steroid dienone is 1. The fraction of sp³-hybridized carbons (Fsp3) is 0.308. The van der Waals surface area contributed by atoms with E-state index in [0.29, 0.717) is 0 Å². The summed E-state index contributed by atoms with van der Waals surface area (Å²) in [6.45, 7) is 10.0. The van der Waals surface area contributed by atoms with Crippen LogP contribution in [0.15, 0.2) is 30.5 Å². The summed E-state index contributed by atoms with van der Waals surface area (Å²) in [6, 6.07) is 6.51. The second-order valence-corrected chi connectivity index (χ2v) is 3.30. The second kappa shape index (κ2) is 4.11. The van der Waals surface area contributed by atoms with Crippen LogP contribution in [0.2, 0.25) is 0 Å². The highest BCUT2D eigenvalue weighted by Crippen LogP contribution is 2.17. The van der Waals surface area contributed by atoms with Gasteiger partial charge in [-0.15, -0.1) is 5.73 Å². The molecule has 1 aromatic carbocycles. The molecule has 0 heteroatoms. The van der Waals surface area contributed by atoms with Crippen LogP contribution in [0.1, 0.15) is 30.5 Å². The van der Waals surface area contributed by atoms with Crippen molar-refractivity contribution in [3.05, 3.63) is 47.2 Å². The lowest BCUT2D eigenvalue weighted by Crippen LogP contribution is -1.88. The maximum absolute atomic E-state index is 3.65. The minimum Gasteiger partial charge on any atom is -0.125 e. The Bertz CT molecular complexity index is 352. The van der Waals surface area contributed by atoms with Crippen molar-refractivity contribution in [1.29, 1.82) is 0 Å². The van der Waals surface area contributed by atoms with E-state index in [2.05, 4.69) is 44.4 Å². The molecule has 0 nitrogen and oxygen atoms in total. The molecule has 0 bridgehead atoms. The first-order valence-corrected chi connectivity index (χ1v) is 4.65. The Balaban J connectivity index is 3.21. The summed E-state index contributed by atoms with van der Waals surface area (Å²) >= 11 is 0. The van der Waals surface area contributed by atoms with Crippen molar-refractivity contribution in [2.45, 2.75) is 27.2 Å². The molecule has 0 saturated carbocycles. The third kappa shape index (κ3) is 2.11. The normalized spacial score (nSPS) is 9.46. The summed E-state index contributed by atoms with van der Waals surface area (Å²) in [7, 11) is 0. The van der Waals surface area contributed by atoms with Crippen molar-refractivity contribution in [1.82, 2.24) is 0 Å². The summed E-state index contributed by atoms with van der Waals surface area (Å²) in [5.74, 6) is 0. The molecule has 0 unspecified atom stereocenters. The Kier molecular flexibility index (Phi) is 3.11. The average Bonchev–Trinajstić information content (AvgIpc) is 2.17. The van der Waals surface area contributed by atoms with E-state index < -0.39 is 0 Å². The van der Waals surface area contributed by atoms with Crippen molar-refractivity contribution in [2.75, 3.05) is 0 Å². The van der Waals surface area contributed by atoms with Gasteiger partial charge in [0.25, 0.3) is 0 Å². The molecule has 13 heavy (non-hydrogen) atoms. The molecule has 0 heterocycles. The van der Waals surface area contributed by atoms with Crippen LogP contribution in [0, 0.1) is 6.92 Å². The molecular formula is C13H16. The Morgan fingerprint density at radius 1 is 1.46 bits per heavy atom. The van der Waals surface area contributed by atoms with Crippen molar-refractivity contribution < 1.29 is 0 Å². The molecule has 1 rings (SSSR count). The van der Waals surface area contributed by atoms with Gasteiger partial charge in [-0.05, 0) is 42.5 Å². The molecule has 0 aliphatic heterocycles. The molecule has 0 aliphatic rings. The summed E-state index contributed by atoms with van der Waals surface area (Å²) in [5, 5.41) is 0. The van der Waals surface area contributed by atoms with Crippen LogP contribution in [0.5, 0.6) is 0 Å². The molecule has 0 N–H and O–H groups in total. The number of rotatable bonds is 2. The summed E-state index contributed by atoms with van der Waals surface area (Å²) < 4.78 is 0. The average molecular weight is 172 g/mol. The number of aryl methyl sites for hydroxylation is 2. The van der Waals surface area contributed by atoms with Gasteiger partial charge < -0.3 is 0 Å². The summed E-state index contributed by atoms with van der Waals surface area (Å²) in [6.07, 6.45) is 1.09. The van der Waals surface area contributed by atoms with Crippen molar-refractivity contribution in [2.24, 2.45) is 0 Å². The zero-order valence-corrected chi connectivity index (χ0v) is 8.65. The maximum Gasteiger partial charge on any atom is -0.00251 e. The number of hydrogen-bond donors (Lipinski definition) is 0. The molecule has 0 fully saturated rings. The van der Waals surface area contributed by atoms with E-state index in [9.17, 15) is 0 Å². The second-order valence-electron chi connectivity index (χ2n) is 3.30. The van der Waals surface area contributed by atoms with Crippen LogP contribution in [0.3, 0.4) is 0 Å². The molecule has 0 amide bonds. The van der Waals surface area contributed by atoms with Gasteiger partial charge in [-0.2, -0.15) is 0 Å². The van der Waals surface area contributed by atoms with Gasteiger partial charge in [0.1, 0.15) is 0 Å². The third-order valence-corrected chi connectivity index (χ3v) is 2.43. The highest BCUT2D eigenvalue weighted by molar-refractivity contribution is 5.63. The van der Waals surface area contributed by atoms with Crippen molar-refractivity contribution in [3.63, 3.8) is 0 Å². The van der Waals surface area contributed by atoms with Crippen LogP contribution in [0.4, 0.5) is 0 Å². The lowest BCUT2D eigenvalue weighted by atomic mass is 10.00. The number of benzene rings is 1. The fourth-order valence-corrected chi connectivity index (χ4v) is 1.39. The van der Waals surface area contributed by atoms with E-state index in [1.165, 1.54) is 16.7 Å². The highest BCUT2D eigenvalue weighted by atomic mass is 14.0. The molecule has 0 saturated heterocycles. The van der Waals surface area contributed by atoms with Gasteiger partial charge in [0, 0.05) is 0 Å². The van der Waals surface area contributed by atoms with Gasteiger partial charge in [0.05, 0.1) is 0 Å². The van der Waals surface area contributed by atoms with Crippen molar-refractivity contribution >= 4 is 5.57 Å². The molecule has 0 atom stereocenters. The molecular weight excluding hydrogens is 156 g/mol. The minimum absolute atomic E-state index is 1.09. The van der Waals surface area contributed by atoms with Crippen LogP contribution in [0.25, 0.3) is 5.57 Å². The summed E-state index contributed by atoms with van der Waals surface area (Å²) in [4.78, 5) is 0. The molecule has 0 aliphatic carbocycles. The molecule has 68 valence electrons.